The summed E-state index contributed by atoms with van der Waals surface area (Å²) < 4.78 is 30.0. The first kappa shape index (κ1) is 23.3. The Morgan fingerprint density at radius 2 is 1.65 bits per heavy atom. The predicted octanol–water partition coefficient (Wildman–Crippen LogP) is 3.42. The molecule has 0 radical (unpaired) electrons. The molecule has 8 nitrogen and oxygen atoms in total. The number of aromatic nitrogens is 2. The van der Waals surface area contributed by atoms with Crippen LogP contribution < -0.4 is 19.1 Å². The molecule has 2 aromatic carbocycles. The molecule has 4 rings (SSSR count). The second-order valence-electron chi connectivity index (χ2n) is 7.85. The van der Waals surface area contributed by atoms with Gasteiger partial charge in [0.2, 0.25) is 0 Å². The van der Waals surface area contributed by atoms with E-state index in [9.17, 15) is 9.18 Å². The number of nitrogens with zero attached hydrogens (tertiary/aromatic N) is 4. The van der Waals surface area contributed by atoms with Crippen LogP contribution in [0.5, 0.6) is 17.2 Å². The van der Waals surface area contributed by atoms with Crippen molar-refractivity contribution in [3.63, 3.8) is 0 Å². The van der Waals surface area contributed by atoms with E-state index < -0.39 is 11.9 Å². The Morgan fingerprint density at radius 1 is 0.912 bits per heavy atom. The van der Waals surface area contributed by atoms with Gasteiger partial charge in [-0.3, -0.25) is 4.79 Å². The monoisotopic (exact) mass is 466 g/mol. The zero-order chi connectivity index (χ0) is 24.1. The molecule has 1 aromatic heterocycles. The van der Waals surface area contributed by atoms with Gasteiger partial charge in [0.25, 0.3) is 5.91 Å². The molecule has 1 atom stereocenters. The van der Waals surface area contributed by atoms with Crippen LogP contribution >= 0.6 is 0 Å². The fraction of sp³-hybridized carbons (Fsp3) is 0.320. The van der Waals surface area contributed by atoms with Crippen LogP contribution in [0.25, 0.3) is 11.3 Å². The molecule has 9 heteroatoms. The number of ether oxygens (including phenoxy) is 3. The molecule has 34 heavy (non-hydrogen) atoms. The van der Waals surface area contributed by atoms with Crippen LogP contribution in [0.1, 0.15) is 6.92 Å². The molecule has 0 spiro atoms. The molecule has 3 aromatic rings. The fourth-order valence-corrected chi connectivity index (χ4v) is 3.84. The van der Waals surface area contributed by atoms with E-state index in [1.165, 1.54) is 12.1 Å². The number of carbonyl (C=O) groups is 1. The fourth-order valence-electron chi connectivity index (χ4n) is 3.84. The first-order valence-electron chi connectivity index (χ1n) is 11.0. The summed E-state index contributed by atoms with van der Waals surface area (Å²) in [4.78, 5) is 16.6. The molecule has 0 bridgehead atoms. The lowest BCUT2D eigenvalue weighted by atomic mass is 10.1. The Balaban J connectivity index is 1.35. The van der Waals surface area contributed by atoms with Gasteiger partial charge in [0.05, 0.1) is 19.9 Å². The highest BCUT2D eigenvalue weighted by Crippen LogP contribution is 2.31. The summed E-state index contributed by atoms with van der Waals surface area (Å²) in [6, 6.07) is 15.5. The molecule has 0 saturated carbocycles. The first-order valence-corrected chi connectivity index (χ1v) is 11.0. The van der Waals surface area contributed by atoms with E-state index in [2.05, 4.69) is 15.1 Å². The average molecular weight is 467 g/mol. The van der Waals surface area contributed by atoms with E-state index in [0.29, 0.717) is 37.7 Å². The number of anilines is 1. The number of hydrogen-bond acceptors (Lipinski definition) is 7. The number of amides is 1. The van der Waals surface area contributed by atoms with Crippen molar-refractivity contribution in [3.8, 4) is 28.5 Å². The minimum Gasteiger partial charge on any atom is -0.493 e. The summed E-state index contributed by atoms with van der Waals surface area (Å²) in [6.45, 7) is 3.90. The Bertz CT molecular complexity index is 1130. The van der Waals surface area contributed by atoms with E-state index in [0.717, 1.165) is 17.1 Å². The van der Waals surface area contributed by atoms with Gasteiger partial charge in [-0.05, 0) is 49.4 Å². The molecular weight excluding hydrogens is 439 g/mol. The highest BCUT2D eigenvalue weighted by Gasteiger charge is 2.27. The zero-order valence-corrected chi connectivity index (χ0v) is 19.4. The Hall–Kier alpha value is -3.88. The third-order valence-electron chi connectivity index (χ3n) is 5.73. The van der Waals surface area contributed by atoms with Crippen molar-refractivity contribution in [2.75, 3.05) is 45.3 Å². The quantitative estimate of drug-likeness (QED) is 0.528. The van der Waals surface area contributed by atoms with E-state index in [4.69, 9.17) is 14.2 Å². The van der Waals surface area contributed by atoms with Crippen LogP contribution in [0.2, 0.25) is 0 Å². The van der Waals surface area contributed by atoms with Crippen LogP contribution in [0, 0.1) is 5.82 Å². The van der Waals surface area contributed by atoms with E-state index >= 15 is 0 Å². The number of halogens is 1. The molecule has 0 aliphatic carbocycles. The summed E-state index contributed by atoms with van der Waals surface area (Å²) in [5.74, 6) is 1.44. The number of hydrogen-bond donors (Lipinski definition) is 0. The lowest BCUT2D eigenvalue weighted by molar-refractivity contribution is -0.138. The molecule has 1 saturated heterocycles. The SMILES string of the molecule is COc1ccc(-c2ccc(N3CCN(C(=O)C(C)Oc4ccccc4F)CC3)nn2)cc1OC. The lowest BCUT2D eigenvalue weighted by Crippen LogP contribution is -2.52. The number of methoxy groups -OCH3 is 2. The lowest BCUT2D eigenvalue weighted by Gasteiger charge is -2.36. The van der Waals surface area contributed by atoms with Crippen molar-refractivity contribution in [1.29, 1.82) is 0 Å². The third-order valence-corrected chi connectivity index (χ3v) is 5.73. The van der Waals surface area contributed by atoms with Crippen molar-refractivity contribution < 1.29 is 23.4 Å². The molecule has 178 valence electrons. The zero-order valence-electron chi connectivity index (χ0n) is 19.4. The second kappa shape index (κ2) is 10.4. The van der Waals surface area contributed by atoms with Gasteiger partial charge in [-0.15, -0.1) is 10.2 Å². The molecule has 1 aliphatic rings. The van der Waals surface area contributed by atoms with Crippen molar-refractivity contribution >= 4 is 11.7 Å². The molecule has 1 unspecified atom stereocenters. The van der Waals surface area contributed by atoms with E-state index in [-0.39, 0.29) is 11.7 Å². The standard InChI is InChI=1S/C25H27FN4O4/c1-17(34-21-7-5-4-6-19(21)26)25(31)30-14-12-29(13-15-30)24-11-9-20(27-28-24)18-8-10-22(32-2)23(16-18)33-3/h4-11,16-17H,12-15H2,1-3H3. The van der Waals surface area contributed by atoms with Crippen molar-refractivity contribution in [2.24, 2.45) is 0 Å². The minimum atomic E-state index is -0.774. The minimum absolute atomic E-state index is 0.0758. The van der Waals surface area contributed by atoms with Gasteiger partial charge in [-0.25, -0.2) is 4.39 Å². The molecular formula is C25H27FN4O4. The van der Waals surface area contributed by atoms with Gasteiger partial charge in [-0.1, -0.05) is 12.1 Å². The highest BCUT2D eigenvalue weighted by molar-refractivity contribution is 5.81. The molecule has 2 heterocycles. The van der Waals surface area contributed by atoms with E-state index in [1.807, 2.05) is 30.3 Å². The molecule has 1 amide bonds. The highest BCUT2D eigenvalue weighted by atomic mass is 19.1. The topological polar surface area (TPSA) is 77.0 Å². The smallest absolute Gasteiger partial charge is 0.263 e. The van der Waals surface area contributed by atoms with E-state index in [1.54, 1.807) is 38.2 Å². The number of para-hydroxylation sites is 1. The first-order chi connectivity index (χ1) is 16.5. The van der Waals surface area contributed by atoms with Crippen LogP contribution in [0.4, 0.5) is 10.2 Å². The maximum atomic E-state index is 13.8. The summed E-state index contributed by atoms with van der Waals surface area (Å²) in [6.07, 6.45) is -0.774. The van der Waals surface area contributed by atoms with Crippen molar-refractivity contribution in [3.05, 3.63) is 60.4 Å². The van der Waals surface area contributed by atoms with Crippen molar-refractivity contribution in [1.82, 2.24) is 15.1 Å². The maximum Gasteiger partial charge on any atom is 0.263 e. The van der Waals surface area contributed by atoms with Crippen LogP contribution in [-0.2, 0) is 4.79 Å². The second-order valence-corrected chi connectivity index (χ2v) is 7.85. The predicted molar refractivity (Wildman–Crippen MR) is 126 cm³/mol. The van der Waals surface area contributed by atoms with Gasteiger partial charge in [0.15, 0.2) is 35.0 Å². The number of piperazine rings is 1. The van der Waals surface area contributed by atoms with Crippen LogP contribution in [0.3, 0.4) is 0 Å². The Morgan fingerprint density at radius 3 is 2.29 bits per heavy atom. The molecule has 1 fully saturated rings. The summed E-state index contributed by atoms with van der Waals surface area (Å²) >= 11 is 0. The van der Waals surface area contributed by atoms with Gasteiger partial charge in [0, 0.05) is 31.7 Å². The largest absolute Gasteiger partial charge is 0.493 e. The number of carbonyl (C=O) groups excluding carboxylic acids is 1. The summed E-state index contributed by atoms with van der Waals surface area (Å²) in [5, 5.41) is 8.75. The van der Waals surface area contributed by atoms with Crippen LogP contribution in [0.15, 0.2) is 54.6 Å². The van der Waals surface area contributed by atoms with Gasteiger partial charge < -0.3 is 24.0 Å². The summed E-state index contributed by atoms with van der Waals surface area (Å²) in [5.41, 5.74) is 1.59. The van der Waals surface area contributed by atoms with Gasteiger partial charge in [0.1, 0.15) is 0 Å². The number of rotatable bonds is 7. The molecule has 1 aliphatic heterocycles. The van der Waals surface area contributed by atoms with Gasteiger partial charge >= 0.3 is 0 Å². The average Bonchev–Trinajstić information content (AvgIpc) is 2.89. The maximum absolute atomic E-state index is 13.8. The Kier molecular flexibility index (Phi) is 7.10. The summed E-state index contributed by atoms with van der Waals surface area (Å²) in [7, 11) is 3.18. The number of benzene rings is 2. The molecule has 0 N–H and O–H groups in total. The van der Waals surface area contributed by atoms with Crippen molar-refractivity contribution in [2.45, 2.75) is 13.0 Å². The third kappa shape index (κ3) is 5.03. The van der Waals surface area contributed by atoms with Gasteiger partial charge in [-0.2, -0.15) is 0 Å². The Labute approximate surface area is 197 Å². The van der Waals surface area contributed by atoms with Crippen LogP contribution in [-0.4, -0.2) is 67.5 Å². The normalized spacial score (nSPS) is 14.5.